The number of rotatable bonds is 18. The third kappa shape index (κ3) is 11.8. The van der Waals surface area contributed by atoms with E-state index in [9.17, 15) is 34.6 Å². The van der Waals surface area contributed by atoms with Crippen molar-refractivity contribution in [1.82, 2.24) is 0 Å². The van der Waals surface area contributed by atoms with Crippen LogP contribution in [0.1, 0.15) is 52.0 Å². The van der Waals surface area contributed by atoms with Gasteiger partial charge in [0.1, 0.15) is 18.1 Å². The number of nitro benzene ring substituents is 2. The van der Waals surface area contributed by atoms with E-state index in [0.717, 1.165) is 18.2 Å². The molecule has 0 N–H and O–H groups in total. The molecule has 0 bridgehead atoms. The van der Waals surface area contributed by atoms with Gasteiger partial charge in [-0.15, -0.1) is 0 Å². The molecule has 0 amide bonds. The number of carbonyl (C=O) groups is 3. The molecule has 0 atom stereocenters. The Labute approximate surface area is 263 Å². The van der Waals surface area contributed by atoms with Crippen LogP contribution in [0.25, 0.3) is 6.08 Å². The van der Waals surface area contributed by atoms with Gasteiger partial charge in [0, 0.05) is 25.3 Å². The molecule has 0 radical (unpaired) electrons. The molecule has 0 aliphatic heterocycles. The van der Waals surface area contributed by atoms with E-state index >= 15 is 0 Å². The van der Waals surface area contributed by atoms with Gasteiger partial charge in [-0.1, -0.05) is 12.1 Å². The van der Waals surface area contributed by atoms with Gasteiger partial charge in [0.05, 0.1) is 46.9 Å². The molecular weight excluding hydrogens is 604 g/mol. The summed E-state index contributed by atoms with van der Waals surface area (Å²) >= 11 is 0. The zero-order valence-electron chi connectivity index (χ0n) is 25.0. The minimum atomic E-state index is -0.894. The Morgan fingerprint density at radius 1 is 0.674 bits per heavy atom. The first-order chi connectivity index (χ1) is 22.2. The number of non-ortho nitro benzene ring substituents is 2. The van der Waals surface area contributed by atoms with Crippen LogP contribution in [0.2, 0.25) is 0 Å². The average molecular weight is 637 g/mol. The molecule has 0 unspecified atom stereocenters. The number of esters is 3. The summed E-state index contributed by atoms with van der Waals surface area (Å²) in [5.41, 5.74) is -0.370. The van der Waals surface area contributed by atoms with Crippen molar-refractivity contribution in [2.24, 2.45) is 0 Å². The zero-order valence-corrected chi connectivity index (χ0v) is 25.0. The van der Waals surface area contributed by atoms with Crippen molar-refractivity contribution in [3.8, 4) is 11.5 Å². The van der Waals surface area contributed by atoms with E-state index < -0.39 is 39.1 Å². The topological polar surface area (TPSA) is 184 Å². The average Bonchev–Trinajstić information content (AvgIpc) is 3.05. The van der Waals surface area contributed by atoms with E-state index in [-0.39, 0.29) is 18.8 Å². The van der Waals surface area contributed by atoms with Gasteiger partial charge in [-0.2, -0.15) is 0 Å². The maximum absolute atomic E-state index is 12.4. The number of ether oxygens (including phenoxy) is 5. The van der Waals surface area contributed by atoms with Crippen molar-refractivity contribution in [3.63, 3.8) is 0 Å². The number of nitro groups is 2. The molecule has 0 heterocycles. The Hall–Kier alpha value is -5.63. The Morgan fingerprint density at radius 2 is 1.26 bits per heavy atom. The van der Waals surface area contributed by atoms with Crippen LogP contribution in [0.15, 0.2) is 72.8 Å². The van der Waals surface area contributed by atoms with E-state index in [4.69, 9.17) is 23.7 Å². The zero-order chi connectivity index (χ0) is 33.3. The highest BCUT2D eigenvalue weighted by Crippen LogP contribution is 2.23. The second-order valence-corrected chi connectivity index (χ2v) is 9.63. The van der Waals surface area contributed by atoms with Crippen molar-refractivity contribution in [3.05, 3.63) is 110 Å². The molecule has 14 nitrogen and oxygen atoms in total. The molecule has 0 aliphatic carbocycles. The van der Waals surface area contributed by atoms with Crippen molar-refractivity contribution in [2.45, 2.75) is 25.7 Å². The van der Waals surface area contributed by atoms with Crippen LogP contribution in [-0.4, -0.2) is 61.3 Å². The molecule has 14 heteroatoms. The maximum atomic E-state index is 12.4. The predicted molar refractivity (Wildman–Crippen MR) is 164 cm³/mol. The molecule has 242 valence electrons. The summed E-state index contributed by atoms with van der Waals surface area (Å²) in [5, 5.41) is 21.9. The monoisotopic (exact) mass is 636 g/mol. The number of unbranched alkanes of at least 4 members (excludes halogenated alkanes) is 3. The summed E-state index contributed by atoms with van der Waals surface area (Å²) in [4.78, 5) is 56.9. The van der Waals surface area contributed by atoms with Gasteiger partial charge in [0.2, 0.25) is 0 Å². The van der Waals surface area contributed by atoms with Crippen LogP contribution in [0.3, 0.4) is 0 Å². The SMILES string of the molecule is COCCOc1ccc(C(=O)Oc2ccc(C=CC(=O)OCCCCCCOC(=O)c3cc([N+](=O)[O-])cc([N+](=O)[O-])c3)cc2)cc1. The van der Waals surface area contributed by atoms with Crippen LogP contribution >= 0.6 is 0 Å². The molecular formula is C32H32N2O12. The van der Waals surface area contributed by atoms with E-state index in [0.29, 0.717) is 61.5 Å². The molecule has 3 rings (SSSR count). The fourth-order valence-corrected chi connectivity index (χ4v) is 3.86. The second-order valence-electron chi connectivity index (χ2n) is 9.63. The molecule has 46 heavy (non-hydrogen) atoms. The van der Waals surface area contributed by atoms with Gasteiger partial charge >= 0.3 is 17.9 Å². The standard InChI is InChI=1S/C32H32N2O12/c1-42-18-19-43-28-13-9-24(10-14-28)32(37)46-29-11-6-23(7-12-29)8-15-30(35)44-16-4-2-3-5-17-45-31(36)25-20-26(33(38)39)22-27(21-25)34(40)41/h6-15,20-22H,2-5,16-19H2,1H3. The Balaban J connectivity index is 1.30. The lowest BCUT2D eigenvalue weighted by molar-refractivity contribution is -0.394. The molecule has 0 aromatic heterocycles. The number of benzene rings is 3. The fraction of sp³-hybridized carbons (Fsp3) is 0.281. The molecule has 0 saturated heterocycles. The van der Waals surface area contributed by atoms with Crippen LogP contribution in [0.4, 0.5) is 11.4 Å². The molecule has 3 aromatic carbocycles. The lowest BCUT2D eigenvalue weighted by atomic mass is 10.1. The van der Waals surface area contributed by atoms with Crippen LogP contribution in [-0.2, 0) is 19.0 Å². The number of hydrogen-bond acceptors (Lipinski definition) is 12. The van der Waals surface area contributed by atoms with Gasteiger partial charge in [-0.25, -0.2) is 14.4 Å². The van der Waals surface area contributed by atoms with Crippen molar-refractivity contribution in [2.75, 3.05) is 33.5 Å². The van der Waals surface area contributed by atoms with E-state index in [2.05, 4.69) is 0 Å². The van der Waals surface area contributed by atoms with Crippen LogP contribution in [0, 0.1) is 20.2 Å². The lowest BCUT2D eigenvalue weighted by Gasteiger charge is -2.07. The number of carbonyl (C=O) groups excluding carboxylic acids is 3. The van der Waals surface area contributed by atoms with Gasteiger partial charge in [0.15, 0.2) is 0 Å². The van der Waals surface area contributed by atoms with Gasteiger partial charge in [0.25, 0.3) is 11.4 Å². The van der Waals surface area contributed by atoms with Crippen LogP contribution in [0.5, 0.6) is 11.5 Å². The number of methoxy groups -OCH3 is 1. The molecule has 0 fully saturated rings. The van der Waals surface area contributed by atoms with Crippen molar-refractivity contribution in [1.29, 1.82) is 0 Å². The maximum Gasteiger partial charge on any atom is 0.343 e. The molecule has 0 aliphatic rings. The number of nitrogens with zero attached hydrogens (tertiary/aromatic N) is 2. The first kappa shape index (κ1) is 34.9. The van der Waals surface area contributed by atoms with Crippen molar-refractivity contribution >= 4 is 35.4 Å². The first-order valence-corrected chi connectivity index (χ1v) is 14.2. The van der Waals surface area contributed by atoms with E-state index in [1.54, 1.807) is 61.7 Å². The van der Waals surface area contributed by atoms with Crippen molar-refractivity contribution < 1.29 is 47.9 Å². The molecule has 0 saturated carbocycles. The Bertz CT molecular complexity index is 1500. The van der Waals surface area contributed by atoms with Gasteiger partial charge in [-0.3, -0.25) is 20.2 Å². The molecule has 0 spiro atoms. The molecule has 3 aromatic rings. The highest BCUT2D eigenvalue weighted by Gasteiger charge is 2.20. The summed E-state index contributed by atoms with van der Waals surface area (Å²) in [6, 6.07) is 15.8. The van der Waals surface area contributed by atoms with E-state index in [1.165, 1.54) is 6.08 Å². The van der Waals surface area contributed by atoms with Crippen LogP contribution < -0.4 is 9.47 Å². The Kier molecular flexibility index (Phi) is 13.8. The second kappa shape index (κ2) is 18.2. The summed E-state index contributed by atoms with van der Waals surface area (Å²) in [6.45, 7) is 1.07. The third-order valence-corrected chi connectivity index (χ3v) is 6.22. The summed E-state index contributed by atoms with van der Waals surface area (Å²) in [7, 11) is 1.58. The quantitative estimate of drug-likeness (QED) is 0.0414. The summed E-state index contributed by atoms with van der Waals surface area (Å²) < 4.78 is 26.0. The highest BCUT2D eigenvalue weighted by atomic mass is 16.6. The van der Waals surface area contributed by atoms with Gasteiger partial charge < -0.3 is 23.7 Å². The summed E-state index contributed by atoms with van der Waals surface area (Å²) in [5.74, 6) is -0.988. The third-order valence-electron chi connectivity index (χ3n) is 6.22. The lowest BCUT2D eigenvalue weighted by Crippen LogP contribution is -2.09. The minimum absolute atomic E-state index is 0.0219. The largest absolute Gasteiger partial charge is 0.491 e. The smallest absolute Gasteiger partial charge is 0.343 e. The normalized spacial score (nSPS) is 10.7. The van der Waals surface area contributed by atoms with Gasteiger partial charge in [-0.05, 0) is 73.7 Å². The summed E-state index contributed by atoms with van der Waals surface area (Å²) in [6.07, 6.45) is 5.26. The van der Waals surface area contributed by atoms with E-state index in [1.807, 2.05) is 0 Å². The predicted octanol–water partition coefficient (Wildman–Crippen LogP) is 5.72. The first-order valence-electron chi connectivity index (χ1n) is 14.2. The fourth-order valence-electron chi connectivity index (χ4n) is 3.86. The highest BCUT2D eigenvalue weighted by molar-refractivity contribution is 5.92. The Morgan fingerprint density at radius 3 is 1.85 bits per heavy atom. The number of hydrogen-bond donors (Lipinski definition) is 0. The minimum Gasteiger partial charge on any atom is -0.491 e.